The molecule has 0 aromatic heterocycles. The van der Waals surface area contributed by atoms with Crippen LogP contribution in [-0.2, 0) is 20.9 Å². The summed E-state index contributed by atoms with van der Waals surface area (Å²) in [5.41, 5.74) is 0.0233. The molecule has 0 radical (unpaired) electrons. The molecule has 24 heavy (non-hydrogen) atoms. The van der Waals surface area contributed by atoms with Gasteiger partial charge in [-0.15, -0.1) is 0 Å². The van der Waals surface area contributed by atoms with E-state index in [2.05, 4.69) is 5.32 Å². The molecule has 1 aromatic carbocycles. The minimum Gasteiger partial charge on any atom is -0.459 e. The Morgan fingerprint density at radius 1 is 1.29 bits per heavy atom. The van der Waals surface area contributed by atoms with Gasteiger partial charge in [-0.1, -0.05) is 50.1 Å². The Morgan fingerprint density at radius 2 is 2.04 bits per heavy atom. The maximum absolute atomic E-state index is 12.7. The molecule has 1 saturated carbocycles. The topological polar surface area (TPSA) is 75.7 Å². The van der Waals surface area contributed by atoms with Crippen molar-refractivity contribution in [2.24, 2.45) is 5.92 Å². The van der Waals surface area contributed by atoms with Crippen LogP contribution >= 0.6 is 0 Å². The first-order chi connectivity index (χ1) is 11.5. The highest BCUT2D eigenvalue weighted by Gasteiger charge is 2.55. The minimum absolute atomic E-state index is 0.0769. The number of nitrogens with zero attached hydrogens (tertiary/aromatic N) is 1. The third kappa shape index (κ3) is 3.00. The Labute approximate surface area is 141 Å². The Hall–Kier alpha value is -2.37. The second kappa shape index (κ2) is 6.63. The van der Waals surface area contributed by atoms with Crippen LogP contribution in [0.5, 0.6) is 0 Å². The highest BCUT2D eigenvalue weighted by atomic mass is 16.5. The molecule has 2 aliphatic rings. The number of hydrogen-bond donors (Lipinski definition) is 1. The predicted molar refractivity (Wildman–Crippen MR) is 86.8 cm³/mol. The standard InChI is InChI=1S/C18H22N2O4/c1-13-7-5-6-10-18(13)16(22)20(17(23)19-18)11-15(21)24-12-14-8-3-2-4-9-14/h2-4,8-9,13H,5-7,10-12H2,1H3,(H,19,23). The maximum Gasteiger partial charge on any atom is 0.326 e. The Bertz CT molecular complexity index is 646. The average molecular weight is 330 g/mol. The van der Waals surface area contributed by atoms with Crippen molar-refractivity contribution >= 4 is 17.9 Å². The summed E-state index contributed by atoms with van der Waals surface area (Å²) in [5, 5.41) is 2.83. The number of carbonyl (C=O) groups excluding carboxylic acids is 3. The smallest absolute Gasteiger partial charge is 0.326 e. The fourth-order valence-corrected chi connectivity index (χ4v) is 3.55. The molecule has 1 aliphatic heterocycles. The van der Waals surface area contributed by atoms with Crippen molar-refractivity contribution in [3.8, 4) is 0 Å². The van der Waals surface area contributed by atoms with E-state index >= 15 is 0 Å². The molecule has 3 amide bonds. The zero-order valence-electron chi connectivity index (χ0n) is 13.8. The van der Waals surface area contributed by atoms with Crippen molar-refractivity contribution in [2.75, 3.05) is 6.54 Å². The van der Waals surface area contributed by atoms with Crippen molar-refractivity contribution in [3.63, 3.8) is 0 Å². The molecule has 6 heteroatoms. The summed E-state index contributed by atoms with van der Waals surface area (Å²) in [6.07, 6.45) is 3.50. The van der Waals surface area contributed by atoms with Gasteiger partial charge in [0.05, 0.1) is 0 Å². The lowest BCUT2D eigenvalue weighted by molar-refractivity contribution is -0.149. The van der Waals surface area contributed by atoms with Gasteiger partial charge >= 0.3 is 12.0 Å². The number of rotatable bonds is 4. The van der Waals surface area contributed by atoms with Gasteiger partial charge in [-0.3, -0.25) is 14.5 Å². The van der Waals surface area contributed by atoms with Gasteiger partial charge in [0.25, 0.3) is 5.91 Å². The van der Waals surface area contributed by atoms with Crippen LogP contribution in [-0.4, -0.2) is 34.9 Å². The monoisotopic (exact) mass is 330 g/mol. The van der Waals surface area contributed by atoms with E-state index in [1.165, 1.54) is 0 Å². The van der Waals surface area contributed by atoms with E-state index in [9.17, 15) is 14.4 Å². The number of amides is 3. The van der Waals surface area contributed by atoms with Crippen molar-refractivity contribution < 1.29 is 19.1 Å². The number of benzene rings is 1. The van der Waals surface area contributed by atoms with Gasteiger partial charge in [0.1, 0.15) is 18.7 Å². The van der Waals surface area contributed by atoms with Gasteiger partial charge in [-0.2, -0.15) is 0 Å². The first-order valence-corrected chi connectivity index (χ1v) is 8.36. The Kier molecular flexibility index (Phi) is 4.55. The van der Waals surface area contributed by atoms with Crippen LogP contribution < -0.4 is 5.32 Å². The van der Waals surface area contributed by atoms with Crippen molar-refractivity contribution in [1.82, 2.24) is 10.2 Å². The van der Waals surface area contributed by atoms with E-state index in [1.54, 1.807) is 0 Å². The summed E-state index contributed by atoms with van der Waals surface area (Å²) >= 11 is 0. The van der Waals surface area contributed by atoms with Gasteiger partial charge in [0, 0.05) is 0 Å². The molecular weight excluding hydrogens is 308 g/mol. The molecule has 3 rings (SSSR count). The Morgan fingerprint density at radius 3 is 2.75 bits per heavy atom. The third-order valence-corrected chi connectivity index (χ3v) is 5.03. The quantitative estimate of drug-likeness (QED) is 0.678. The summed E-state index contributed by atoms with van der Waals surface area (Å²) in [7, 11) is 0. The molecule has 1 aliphatic carbocycles. The van der Waals surface area contributed by atoms with Crippen LogP contribution in [0.2, 0.25) is 0 Å². The average Bonchev–Trinajstić information content (AvgIpc) is 2.82. The van der Waals surface area contributed by atoms with Gasteiger partial charge in [-0.25, -0.2) is 4.79 Å². The van der Waals surface area contributed by atoms with Crippen LogP contribution in [0, 0.1) is 5.92 Å². The van der Waals surface area contributed by atoms with Crippen LogP contribution in [0.1, 0.15) is 38.2 Å². The number of nitrogens with one attached hydrogen (secondary N) is 1. The van der Waals surface area contributed by atoms with E-state index in [-0.39, 0.29) is 25.0 Å². The van der Waals surface area contributed by atoms with Crippen LogP contribution in [0.15, 0.2) is 30.3 Å². The highest BCUT2D eigenvalue weighted by molar-refractivity contribution is 6.08. The predicted octanol–water partition coefficient (Wildman–Crippen LogP) is 2.23. The van der Waals surface area contributed by atoms with Gasteiger partial charge in [-0.05, 0) is 24.3 Å². The molecule has 1 saturated heterocycles. The lowest BCUT2D eigenvalue weighted by atomic mass is 9.73. The highest BCUT2D eigenvalue weighted by Crippen LogP contribution is 2.38. The maximum atomic E-state index is 12.7. The summed E-state index contributed by atoms with van der Waals surface area (Å²) < 4.78 is 5.18. The molecule has 1 aromatic rings. The minimum atomic E-state index is -0.838. The molecule has 1 N–H and O–H groups in total. The van der Waals surface area contributed by atoms with Crippen LogP contribution in [0.3, 0.4) is 0 Å². The molecule has 1 heterocycles. The van der Waals surface area contributed by atoms with Gasteiger partial charge < -0.3 is 10.1 Å². The lowest BCUT2D eigenvalue weighted by Gasteiger charge is -2.36. The largest absolute Gasteiger partial charge is 0.459 e. The first-order valence-electron chi connectivity index (χ1n) is 8.36. The zero-order valence-corrected chi connectivity index (χ0v) is 13.8. The summed E-state index contributed by atoms with van der Waals surface area (Å²) in [5.74, 6) is -0.799. The molecule has 6 nitrogen and oxygen atoms in total. The van der Waals surface area contributed by atoms with Gasteiger partial charge in [0.15, 0.2) is 0 Å². The zero-order chi connectivity index (χ0) is 17.2. The lowest BCUT2D eigenvalue weighted by Crippen LogP contribution is -2.54. The number of hydrogen-bond acceptors (Lipinski definition) is 4. The summed E-state index contributed by atoms with van der Waals surface area (Å²) in [4.78, 5) is 38.0. The summed E-state index contributed by atoms with van der Waals surface area (Å²) in [6.45, 7) is 1.77. The van der Waals surface area contributed by atoms with E-state index in [0.29, 0.717) is 6.42 Å². The third-order valence-electron chi connectivity index (χ3n) is 5.03. The number of urea groups is 1. The number of esters is 1. The molecule has 128 valence electrons. The van der Waals surface area contributed by atoms with E-state index in [4.69, 9.17) is 4.74 Å². The Balaban J connectivity index is 1.61. The molecule has 2 fully saturated rings. The SMILES string of the molecule is CC1CCCCC12NC(=O)N(CC(=O)OCc1ccccc1)C2=O. The number of ether oxygens (including phenoxy) is 1. The second-order valence-corrected chi connectivity index (χ2v) is 6.59. The molecular formula is C18H22N2O4. The fourth-order valence-electron chi connectivity index (χ4n) is 3.55. The van der Waals surface area contributed by atoms with E-state index in [1.807, 2.05) is 37.3 Å². The van der Waals surface area contributed by atoms with E-state index < -0.39 is 17.5 Å². The van der Waals surface area contributed by atoms with Crippen molar-refractivity contribution in [3.05, 3.63) is 35.9 Å². The number of imide groups is 1. The molecule has 2 unspecified atom stereocenters. The molecule has 0 bridgehead atoms. The van der Waals surface area contributed by atoms with Crippen molar-refractivity contribution in [2.45, 2.75) is 44.8 Å². The molecule has 2 atom stereocenters. The first kappa shape index (κ1) is 16.5. The van der Waals surface area contributed by atoms with E-state index in [0.717, 1.165) is 29.7 Å². The molecule has 1 spiro atoms. The number of carbonyl (C=O) groups is 3. The second-order valence-electron chi connectivity index (χ2n) is 6.59. The van der Waals surface area contributed by atoms with Crippen LogP contribution in [0.25, 0.3) is 0 Å². The van der Waals surface area contributed by atoms with Gasteiger partial charge in [0.2, 0.25) is 0 Å². The fraction of sp³-hybridized carbons (Fsp3) is 0.500. The normalized spacial score (nSPS) is 26.5. The van der Waals surface area contributed by atoms with Crippen molar-refractivity contribution in [1.29, 1.82) is 0 Å². The summed E-state index contributed by atoms with van der Waals surface area (Å²) in [6, 6.07) is 8.79. The van der Waals surface area contributed by atoms with Crippen LogP contribution in [0.4, 0.5) is 4.79 Å².